The number of nitrogens with zero attached hydrogens (tertiary/aromatic N) is 3. The van der Waals surface area contributed by atoms with Gasteiger partial charge in [-0.05, 0) is 45.7 Å². The molecule has 3 aliphatic rings. The highest BCUT2D eigenvalue weighted by Crippen LogP contribution is 2.42. The number of aromatic nitrogens is 1. The number of likely N-dealkylation sites (N-methyl/N-ethyl adjacent to an activating group) is 1. The molecule has 0 spiro atoms. The van der Waals surface area contributed by atoms with Crippen molar-refractivity contribution in [1.82, 2.24) is 9.47 Å². The van der Waals surface area contributed by atoms with E-state index in [4.69, 9.17) is 4.74 Å². The molecule has 6 nitrogen and oxygen atoms in total. The molecule has 0 radical (unpaired) electrons. The van der Waals surface area contributed by atoms with E-state index in [2.05, 4.69) is 16.8 Å². The summed E-state index contributed by atoms with van der Waals surface area (Å²) < 4.78 is 22.6. The highest BCUT2D eigenvalue weighted by molar-refractivity contribution is 5.96. The molecular weight excluding hydrogens is 373 g/mol. The van der Waals surface area contributed by atoms with Crippen LogP contribution in [0.1, 0.15) is 54.6 Å². The minimum atomic E-state index is -0.638. The molecule has 0 N–H and O–H groups in total. The number of pyridine rings is 1. The Balaban J connectivity index is 1.82. The molecule has 5 rings (SSSR count). The second-order valence-corrected chi connectivity index (χ2v) is 8.50. The van der Waals surface area contributed by atoms with Crippen LogP contribution in [0.25, 0.3) is 10.9 Å². The lowest BCUT2D eigenvalue weighted by atomic mass is 10.0. The molecule has 154 valence electrons. The first-order valence-corrected chi connectivity index (χ1v) is 10.5. The summed E-state index contributed by atoms with van der Waals surface area (Å²) in [5.74, 6) is -1.00. The predicted molar refractivity (Wildman–Crippen MR) is 109 cm³/mol. The molecule has 29 heavy (non-hydrogen) atoms. The summed E-state index contributed by atoms with van der Waals surface area (Å²) >= 11 is 0. The third kappa shape index (κ3) is 2.94. The van der Waals surface area contributed by atoms with Crippen LogP contribution < -0.4 is 10.3 Å². The second-order valence-electron chi connectivity index (χ2n) is 8.50. The molecule has 2 aliphatic heterocycles. The average Bonchev–Trinajstić information content (AvgIpc) is 3.45. The van der Waals surface area contributed by atoms with Crippen molar-refractivity contribution in [3.8, 4) is 0 Å². The summed E-state index contributed by atoms with van der Waals surface area (Å²) in [5.41, 5.74) is 1.84. The number of fused-ring (bicyclic) bond motifs is 5. The minimum absolute atomic E-state index is 0.00775. The largest absolute Gasteiger partial charge is 0.462 e. The van der Waals surface area contributed by atoms with Gasteiger partial charge in [-0.2, -0.15) is 0 Å². The van der Waals surface area contributed by atoms with Crippen molar-refractivity contribution in [2.75, 3.05) is 31.6 Å². The highest BCUT2D eigenvalue weighted by atomic mass is 19.1. The molecule has 0 bridgehead atoms. The maximum Gasteiger partial charge on any atom is 0.343 e. The fourth-order valence-electron chi connectivity index (χ4n) is 5.03. The number of anilines is 1. The summed E-state index contributed by atoms with van der Waals surface area (Å²) in [7, 11) is 2.05. The SMILES string of the molecule is CCOC(=O)c1cn(C2CC2)c2c3c(c(F)cc2c1=O)N1CCCC1CN(C)C3. The van der Waals surface area contributed by atoms with E-state index in [1.165, 1.54) is 6.07 Å². The lowest BCUT2D eigenvalue weighted by Crippen LogP contribution is -2.36. The maximum atomic E-state index is 15.4. The summed E-state index contributed by atoms with van der Waals surface area (Å²) in [6.07, 6.45) is 5.74. The predicted octanol–water partition coefficient (Wildman–Crippen LogP) is 3.07. The Labute approximate surface area is 168 Å². The molecule has 2 aromatic rings. The van der Waals surface area contributed by atoms with Crippen molar-refractivity contribution in [1.29, 1.82) is 0 Å². The number of hydrogen-bond acceptors (Lipinski definition) is 5. The van der Waals surface area contributed by atoms with Gasteiger partial charge in [0.1, 0.15) is 11.4 Å². The molecule has 1 aromatic heterocycles. The number of hydrogen-bond donors (Lipinski definition) is 0. The third-order valence-electron chi connectivity index (χ3n) is 6.39. The van der Waals surface area contributed by atoms with E-state index in [0.29, 0.717) is 18.3 Å². The fraction of sp³-hybridized carbons (Fsp3) is 0.545. The van der Waals surface area contributed by atoms with E-state index in [9.17, 15) is 9.59 Å². The standard InChI is InChI=1S/C22H26FN3O3/c1-3-29-22(28)17-12-26(13-6-7-13)19-15(21(17)27)9-18(23)20-16(19)11-24(2)10-14-5-4-8-25(14)20/h9,12-14H,3-8,10-11H2,1-2H3. The van der Waals surface area contributed by atoms with Gasteiger partial charge in [-0.3, -0.25) is 9.69 Å². The monoisotopic (exact) mass is 399 g/mol. The molecule has 2 fully saturated rings. The quantitative estimate of drug-likeness (QED) is 0.743. The van der Waals surface area contributed by atoms with Crippen LogP contribution >= 0.6 is 0 Å². The van der Waals surface area contributed by atoms with Gasteiger partial charge in [-0.15, -0.1) is 0 Å². The molecule has 0 amide bonds. The van der Waals surface area contributed by atoms with Crippen LogP contribution in [0.5, 0.6) is 0 Å². The van der Waals surface area contributed by atoms with Crippen LogP contribution in [0.15, 0.2) is 17.1 Å². The molecular formula is C22H26FN3O3. The van der Waals surface area contributed by atoms with Crippen molar-refractivity contribution in [2.45, 2.75) is 51.2 Å². The lowest BCUT2D eigenvalue weighted by Gasteiger charge is -2.27. The van der Waals surface area contributed by atoms with Gasteiger partial charge in [0.15, 0.2) is 0 Å². The number of halogens is 1. The van der Waals surface area contributed by atoms with Gasteiger partial charge >= 0.3 is 5.97 Å². The van der Waals surface area contributed by atoms with Crippen molar-refractivity contribution >= 4 is 22.6 Å². The van der Waals surface area contributed by atoms with E-state index >= 15 is 4.39 Å². The Hall–Kier alpha value is -2.41. The Bertz CT molecular complexity index is 1060. The zero-order valence-electron chi connectivity index (χ0n) is 16.9. The summed E-state index contributed by atoms with van der Waals surface area (Å²) in [4.78, 5) is 30.0. The Kier molecular flexibility index (Phi) is 4.38. The first-order valence-electron chi connectivity index (χ1n) is 10.5. The summed E-state index contributed by atoms with van der Waals surface area (Å²) in [6.45, 7) is 4.20. The zero-order chi connectivity index (χ0) is 20.3. The van der Waals surface area contributed by atoms with E-state index in [-0.39, 0.29) is 29.4 Å². The fourth-order valence-corrected chi connectivity index (χ4v) is 5.03. The first kappa shape index (κ1) is 18.6. The summed E-state index contributed by atoms with van der Waals surface area (Å²) in [5, 5.41) is 0.282. The van der Waals surface area contributed by atoms with Crippen LogP contribution in [0.3, 0.4) is 0 Å². The molecule has 7 heteroatoms. The number of esters is 1. The molecule has 1 saturated heterocycles. The van der Waals surface area contributed by atoms with Crippen molar-refractivity contribution < 1.29 is 13.9 Å². The molecule has 1 atom stereocenters. The molecule has 1 aliphatic carbocycles. The topological polar surface area (TPSA) is 54.8 Å². The Morgan fingerprint density at radius 3 is 2.79 bits per heavy atom. The van der Waals surface area contributed by atoms with Crippen LogP contribution in [-0.4, -0.2) is 48.2 Å². The van der Waals surface area contributed by atoms with Gasteiger partial charge in [-0.25, -0.2) is 9.18 Å². The molecule has 1 aromatic carbocycles. The zero-order valence-corrected chi connectivity index (χ0v) is 16.9. The van der Waals surface area contributed by atoms with Gasteiger partial charge < -0.3 is 14.2 Å². The van der Waals surface area contributed by atoms with E-state index in [1.54, 1.807) is 13.1 Å². The number of ether oxygens (including phenoxy) is 1. The van der Waals surface area contributed by atoms with E-state index in [1.807, 2.05) is 4.57 Å². The smallest absolute Gasteiger partial charge is 0.343 e. The van der Waals surface area contributed by atoms with Crippen LogP contribution in [-0.2, 0) is 11.3 Å². The van der Waals surface area contributed by atoms with Gasteiger partial charge in [0, 0.05) is 48.9 Å². The van der Waals surface area contributed by atoms with Crippen molar-refractivity contribution in [3.05, 3.63) is 39.4 Å². The van der Waals surface area contributed by atoms with E-state index < -0.39 is 11.4 Å². The second kappa shape index (κ2) is 6.83. The van der Waals surface area contributed by atoms with Gasteiger partial charge in [-0.1, -0.05) is 0 Å². The minimum Gasteiger partial charge on any atom is -0.462 e. The molecule has 1 unspecified atom stereocenters. The Morgan fingerprint density at radius 2 is 2.07 bits per heavy atom. The highest BCUT2D eigenvalue weighted by Gasteiger charge is 2.36. The Morgan fingerprint density at radius 1 is 1.28 bits per heavy atom. The normalized spacial score (nSPS) is 21.8. The van der Waals surface area contributed by atoms with Crippen LogP contribution in [0.4, 0.5) is 10.1 Å². The molecule has 1 saturated carbocycles. The van der Waals surface area contributed by atoms with Crippen molar-refractivity contribution in [3.63, 3.8) is 0 Å². The van der Waals surface area contributed by atoms with Gasteiger partial charge in [0.2, 0.25) is 5.43 Å². The van der Waals surface area contributed by atoms with Crippen LogP contribution in [0.2, 0.25) is 0 Å². The van der Waals surface area contributed by atoms with E-state index in [0.717, 1.165) is 49.9 Å². The maximum absolute atomic E-state index is 15.4. The van der Waals surface area contributed by atoms with Crippen molar-refractivity contribution in [2.24, 2.45) is 0 Å². The number of benzene rings is 1. The number of carbonyl (C=O) groups is 1. The van der Waals surface area contributed by atoms with Gasteiger partial charge in [0.05, 0.1) is 17.8 Å². The van der Waals surface area contributed by atoms with Gasteiger partial charge in [0.25, 0.3) is 0 Å². The number of rotatable bonds is 3. The first-order chi connectivity index (χ1) is 14.0. The number of carbonyl (C=O) groups excluding carboxylic acids is 1. The lowest BCUT2D eigenvalue weighted by molar-refractivity contribution is 0.0524. The van der Waals surface area contributed by atoms with Crippen LogP contribution in [0, 0.1) is 5.82 Å². The summed E-state index contributed by atoms with van der Waals surface area (Å²) in [6, 6.07) is 1.88. The third-order valence-corrected chi connectivity index (χ3v) is 6.39. The average molecular weight is 399 g/mol. The molecule has 3 heterocycles.